The molecule has 3 fully saturated rings. The number of hydrogen-bond acceptors (Lipinski definition) is 4. The van der Waals surface area contributed by atoms with Crippen LogP contribution in [0.15, 0.2) is 11.8 Å². The predicted molar refractivity (Wildman–Crippen MR) is 75.2 cm³/mol. The van der Waals surface area contributed by atoms with Crippen molar-refractivity contribution < 1.29 is 28.2 Å². The van der Waals surface area contributed by atoms with Crippen LogP contribution in [0.2, 0.25) is 0 Å². The number of carboxylic acid groups (broad SMARTS) is 1. The van der Waals surface area contributed by atoms with E-state index in [1.807, 2.05) is 4.90 Å². The average Bonchev–Trinajstić information content (AvgIpc) is 2.54. The summed E-state index contributed by atoms with van der Waals surface area (Å²) in [6.45, 7) is 0. The van der Waals surface area contributed by atoms with Crippen LogP contribution in [-0.2, 0) is 14.3 Å². The van der Waals surface area contributed by atoms with Crippen molar-refractivity contribution in [3.8, 4) is 0 Å². The highest BCUT2D eigenvalue weighted by Gasteiger charge is 2.58. The first-order chi connectivity index (χ1) is 11.0. The van der Waals surface area contributed by atoms with E-state index in [1.165, 1.54) is 6.20 Å². The molecule has 126 valence electrons. The Kier molecular flexibility index (Phi) is 3.44. The Labute approximate surface area is 132 Å². The zero-order valence-electron chi connectivity index (χ0n) is 12.5. The van der Waals surface area contributed by atoms with E-state index in [1.54, 1.807) is 0 Å². The van der Waals surface area contributed by atoms with Gasteiger partial charge in [0.2, 0.25) is 0 Å². The zero-order chi connectivity index (χ0) is 16.3. The maximum absolute atomic E-state index is 14.4. The molecule has 7 atom stereocenters. The van der Waals surface area contributed by atoms with Crippen molar-refractivity contribution in [3.05, 3.63) is 11.8 Å². The minimum absolute atomic E-state index is 0.0571. The topological polar surface area (TPSA) is 66.8 Å². The SMILES string of the molecule is O=C(O)C1=CN2C3CCCCC3OC3C(F)C(F)CC(C1=O)C32. The molecule has 23 heavy (non-hydrogen) atoms. The number of carbonyl (C=O) groups excluding carboxylic acids is 1. The third-order valence-corrected chi connectivity index (χ3v) is 5.72. The van der Waals surface area contributed by atoms with E-state index in [0.717, 1.165) is 25.7 Å². The summed E-state index contributed by atoms with van der Waals surface area (Å²) in [4.78, 5) is 25.6. The monoisotopic (exact) mass is 327 g/mol. The minimum atomic E-state index is -1.79. The number of hydrogen-bond donors (Lipinski definition) is 1. The molecule has 0 aromatic carbocycles. The van der Waals surface area contributed by atoms with Gasteiger partial charge in [-0.25, -0.2) is 13.6 Å². The maximum atomic E-state index is 14.4. The zero-order valence-corrected chi connectivity index (χ0v) is 12.5. The standard InChI is InChI=1S/C16H19F2NO4/c17-9-5-7-13-15(12(9)18)23-11-4-2-1-3-10(11)19(13)6-8(14(7)20)16(21)22/h6-7,9-13,15H,1-5H2,(H,21,22). The molecule has 0 spiro atoms. The molecule has 7 unspecified atom stereocenters. The molecule has 1 N–H and O–H groups in total. The normalized spacial score (nSPS) is 45.8. The Morgan fingerprint density at radius 3 is 2.78 bits per heavy atom. The summed E-state index contributed by atoms with van der Waals surface area (Å²) in [5.74, 6) is -2.75. The van der Waals surface area contributed by atoms with Crippen LogP contribution >= 0.6 is 0 Å². The van der Waals surface area contributed by atoms with Crippen LogP contribution in [0.1, 0.15) is 32.1 Å². The number of ketones is 1. The van der Waals surface area contributed by atoms with E-state index in [4.69, 9.17) is 4.74 Å². The number of aliphatic carboxylic acids is 1. The predicted octanol–water partition coefficient (Wildman–Crippen LogP) is 1.61. The molecule has 2 heterocycles. The Balaban J connectivity index is 1.79. The van der Waals surface area contributed by atoms with Gasteiger partial charge in [0, 0.05) is 12.1 Å². The molecule has 0 aromatic heterocycles. The van der Waals surface area contributed by atoms with Gasteiger partial charge in [-0.3, -0.25) is 4.79 Å². The molecule has 4 aliphatic rings. The summed E-state index contributed by atoms with van der Waals surface area (Å²) in [5, 5.41) is 9.30. The van der Waals surface area contributed by atoms with Gasteiger partial charge >= 0.3 is 5.97 Å². The second-order valence-corrected chi connectivity index (χ2v) is 6.94. The second kappa shape index (κ2) is 5.26. The largest absolute Gasteiger partial charge is 0.478 e. The first-order valence-electron chi connectivity index (χ1n) is 8.19. The van der Waals surface area contributed by atoms with Gasteiger partial charge in [0.15, 0.2) is 12.0 Å². The van der Waals surface area contributed by atoms with Crippen molar-refractivity contribution in [3.63, 3.8) is 0 Å². The number of fused-ring (bicyclic) bond motifs is 2. The number of Topliss-reactive ketones (excluding diaryl/α,β-unsaturated/α-hetero) is 1. The van der Waals surface area contributed by atoms with Crippen LogP contribution in [-0.4, -0.2) is 58.4 Å². The van der Waals surface area contributed by atoms with Crippen molar-refractivity contribution in [1.29, 1.82) is 0 Å². The molecule has 4 rings (SSSR count). The molecular weight excluding hydrogens is 308 g/mol. The van der Waals surface area contributed by atoms with Gasteiger partial charge in [-0.1, -0.05) is 12.8 Å². The molecule has 0 bridgehead atoms. The third kappa shape index (κ3) is 2.12. The number of rotatable bonds is 1. The molecule has 2 aliphatic carbocycles. The first kappa shape index (κ1) is 15.1. The van der Waals surface area contributed by atoms with Gasteiger partial charge in [-0.2, -0.15) is 0 Å². The third-order valence-electron chi connectivity index (χ3n) is 5.72. The highest BCUT2D eigenvalue weighted by atomic mass is 19.2. The summed E-state index contributed by atoms with van der Waals surface area (Å²) >= 11 is 0. The van der Waals surface area contributed by atoms with E-state index in [0.29, 0.717) is 0 Å². The lowest BCUT2D eigenvalue weighted by atomic mass is 9.71. The van der Waals surface area contributed by atoms with E-state index < -0.39 is 42.2 Å². The number of carboxylic acids is 1. The molecule has 0 radical (unpaired) electrons. The lowest BCUT2D eigenvalue weighted by Crippen LogP contribution is -2.70. The van der Waals surface area contributed by atoms with E-state index >= 15 is 0 Å². The number of carbonyl (C=O) groups is 2. The van der Waals surface area contributed by atoms with E-state index in [9.17, 15) is 23.5 Å². The van der Waals surface area contributed by atoms with Gasteiger partial charge in [0.25, 0.3) is 0 Å². The number of alkyl halides is 2. The van der Waals surface area contributed by atoms with Crippen LogP contribution in [0.25, 0.3) is 0 Å². The molecule has 7 heteroatoms. The molecule has 2 aliphatic heterocycles. The number of ether oxygens (including phenoxy) is 1. The van der Waals surface area contributed by atoms with Crippen molar-refractivity contribution in [2.75, 3.05) is 0 Å². The Hall–Kier alpha value is -1.50. The van der Waals surface area contributed by atoms with Crippen molar-refractivity contribution in [2.24, 2.45) is 5.92 Å². The summed E-state index contributed by atoms with van der Waals surface area (Å²) in [6, 6.07) is -0.648. The highest BCUT2D eigenvalue weighted by molar-refractivity contribution is 6.18. The molecule has 0 aromatic rings. The second-order valence-electron chi connectivity index (χ2n) is 6.94. The summed E-state index contributed by atoms with van der Waals surface area (Å²) in [7, 11) is 0. The summed E-state index contributed by atoms with van der Waals surface area (Å²) in [5.41, 5.74) is -0.319. The number of halogens is 2. The molecule has 2 saturated carbocycles. The van der Waals surface area contributed by atoms with Crippen molar-refractivity contribution >= 4 is 11.8 Å². The average molecular weight is 327 g/mol. The van der Waals surface area contributed by atoms with Gasteiger partial charge in [-0.15, -0.1) is 0 Å². The lowest BCUT2D eigenvalue weighted by Gasteiger charge is -2.57. The molecular formula is C16H19F2NO4. The number of nitrogens with zero attached hydrogens (tertiary/aromatic N) is 1. The smallest absolute Gasteiger partial charge is 0.340 e. The minimum Gasteiger partial charge on any atom is -0.478 e. The van der Waals surface area contributed by atoms with Gasteiger partial charge in [0.1, 0.15) is 17.8 Å². The van der Waals surface area contributed by atoms with Gasteiger partial charge < -0.3 is 14.7 Å². The van der Waals surface area contributed by atoms with E-state index in [2.05, 4.69) is 0 Å². The Morgan fingerprint density at radius 2 is 2.04 bits per heavy atom. The maximum Gasteiger partial charge on any atom is 0.340 e. The Morgan fingerprint density at radius 1 is 1.30 bits per heavy atom. The van der Waals surface area contributed by atoms with Crippen LogP contribution in [0.5, 0.6) is 0 Å². The van der Waals surface area contributed by atoms with Crippen molar-refractivity contribution in [1.82, 2.24) is 4.90 Å². The van der Waals surface area contributed by atoms with E-state index in [-0.39, 0.29) is 24.1 Å². The van der Waals surface area contributed by atoms with Gasteiger partial charge in [-0.05, 0) is 19.3 Å². The van der Waals surface area contributed by atoms with Gasteiger partial charge in [0.05, 0.1) is 18.2 Å². The highest BCUT2D eigenvalue weighted by Crippen LogP contribution is 2.46. The van der Waals surface area contributed by atoms with Crippen molar-refractivity contribution in [2.45, 2.75) is 68.7 Å². The molecule has 1 saturated heterocycles. The quantitative estimate of drug-likeness (QED) is 0.741. The molecule has 5 nitrogen and oxygen atoms in total. The molecule has 0 amide bonds. The Bertz CT molecular complexity index is 580. The summed E-state index contributed by atoms with van der Waals surface area (Å²) in [6.07, 6.45) is -0.199. The fourth-order valence-corrected chi connectivity index (χ4v) is 4.69. The number of morpholine rings is 1. The first-order valence-corrected chi connectivity index (χ1v) is 8.19. The summed E-state index contributed by atoms with van der Waals surface area (Å²) < 4.78 is 34.3. The fraction of sp³-hybridized carbons (Fsp3) is 0.750. The van der Waals surface area contributed by atoms with Crippen LogP contribution in [0, 0.1) is 5.92 Å². The van der Waals surface area contributed by atoms with Crippen LogP contribution in [0.4, 0.5) is 8.78 Å². The van der Waals surface area contributed by atoms with Crippen LogP contribution < -0.4 is 0 Å². The lowest BCUT2D eigenvalue weighted by molar-refractivity contribution is -0.209. The fourth-order valence-electron chi connectivity index (χ4n) is 4.69. The van der Waals surface area contributed by atoms with Crippen LogP contribution in [0.3, 0.4) is 0 Å².